The van der Waals surface area contributed by atoms with Crippen LogP contribution in [0.5, 0.6) is 0 Å². The highest BCUT2D eigenvalue weighted by Gasteiger charge is 2.27. The van der Waals surface area contributed by atoms with E-state index in [1.807, 2.05) is 0 Å². The van der Waals surface area contributed by atoms with Gasteiger partial charge in [-0.1, -0.05) is 21.6 Å². The van der Waals surface area contributed by atoms with Crippen LogP contribution in [-0.2, 0) is 0 Å². The first kappa shape index (κ1) is 14.2. The zero-order valence-corrected chi connectivity index (χ0v) is 11.1. The summed E-state index contributed by atoms with van der Waals surface area (Å²) in [6, 6.07) is 0. The van der Waals surface area contributed by atoms with Gasteiger partial charge in [0.15, 0.2) is 0 Å². The smallest absolute Gasteiger partial charge is 0.0530 e. The molecule has 82 valence electrons. The molecule has 14 heavy (non-hydrogen) atoms. The summed E-state index contributed by atoms with van der Waals surface area (Å²) in [6.07, 6.45) is 6.45. The SMILES string of the molecule is C#CC(C)(C)CC(C)(C)SSCCO. The molecule has 0 saturated carbocycles. The van der Waals surface area contributed by atoms with Gasteiger partial charge < -0.3 is 5.11 Å². The van der Waals surface area contributed by atoms with Crippen LogP contribution in [0.15, 0.2) is 0 Å². The summed E-state index contributed by atoms with van der Waals surface area (Å²) in [6.45, 7) is 8.81. The van der Waals surface area contributed by atoms with Crippen LogP contribution in [0.25, 0.3) is 0 Å². The maximum Gasteiger partial charge on any atom is 0.0530 e. The molecule has 0 aromatic rings. The molecule has 0 aromatic heterocycles. The van der Waals surface area contributed by atoms with Gasteiger partial charge in [0.05, 0.1) is 6.61 Å². The molecule has 0 rings (SSSR count). The van der Waals surface area contributed by atoms with E-state index in [4.69, 9.17) is 11.5 Å². The maximum absolute atomic E-state index is 8.68. The highest BCUT2D eigenvalue weighted by Crippen LogP contribution is 2.42. The van der Waals surface area contributed by atoms with E-state index < -0.39 is 0 Å². The van der Waals surface area contributed by atoms with Crippen LogP contribution in [0.1, 0.15) is 34.1 Å². The van der Waals surface area contributed by atoms with Gasteiger partial charge in [0.25, 0.3) is 0 Å². The fourth-order valence-corrected chi connectivity index (χ4v) is 3.89. The third-order valence-corrected chi connectivity index (χ3v) is 4.99. The van der Waals surface area contributed by atoms with E-state index in [0.29, 0.717) is 0 Å². The minimum absolute atomic E-state index is 0.0454. The van der Waals surface area contributed by atoms with E-state index in [-0.39, 0.29) is 16.8 Å². The van der Waals surface area contributed by atoms with Crippen molar-refractivity contribution in [3.63, 3.8) is 0 Å². The lowest BCUT2D eigenvalue weighted by atomic mass is 9.84. The molecule has 1 nitrogen and oxygen atoms in total. The highest BCUT2D eigenvalue weighted by molar-refractivity contribution is 8.77. The van der Waals surface area contributed by atoms with Gasteiger partial charge in [-0.2, -0.15) is 0 Å². The second-order valence-electron chi connectivity index (χ2n) is 4.59. The normalized spacial score (nSPS) is 12.6. The predicted molar refractivity (Wildman–Crippen MR) is 68.4 cm³/mol. The molecule has 0 aliphatic rings. The lowest BCUT2D eigenvalue weighted by molar-refractivity contribution is 0.323. The van der Waals surface area contributed by atoms with Crippen LogP contribution in [0, 0.1) is 17.8 Å². The quantitative estimate of drug-likeness (QED) is 0.431. The molecule has 0 spiro atoms. The van der Waals surface area contributed by atoms with Gasteiger partial charge in [-0.15, -0.1) is 12.3 Å². The number of hydrogen-bond donors (Lipinski definition) is 1. The number of aliphatic hydroxyl groups excluding tert-OH is 1. The Balaban J connectivity index is 4.01. The van der Waals surface area contributed by atoms with Crippen LogP contribution in [-0.4, -0.2) is 22.2 Å². The number of aliphatic hydroxyl groups is 1. The van der Waals surface area contributed by atoms with Crippen LogP contribution in [0.3, 0.4) is 0 Å². The van der Waals surface area contributed by atoms with Gasteiger partial charge >= 0.3 is 0 Å². The van der Waals surface area contributed by atoms with E-state index in [2.05, 4.69) is 33.6 Å². The number of terminal acetylenes is 1. The second-order valence-corrected chi connectivity index (χ2v) is 7.72. The zero-order chi connectivity index (χ0) is 11.2. The van der Waals surface area contributed by atoms with Crippen molar-refractivity contribution in [1.29, 1.82) is 0 Å². The second kappa shape index (κ2) is 5.95. The molecule has 0 fully saturated rings. The summed E-state index contributed by atoms with van der Waals surface area (Å²) in [5.41, 5.74) is -0.0454. The number of rotatable bonds is 6. The molecular weight excluding hydrogens is 212 g/mol. The molecule has 0 aromatic carbocycles. The number of hydrogen-bond acceptors (Lipinski definition) is 3. The predicted octanol–water partition coefficient (Wildman–Crippen LogP) is 3.19. The standard InChI is InChI=1S/C11H20OS2/c1-6-10(2,3)9-11(4,5)14-13-8-7-12/h1,12H,7-9H2,2-5H3. The largest absolute Gasteiger partial charge is 0.395 e. The summed E-state index contributed by atoms with van der Waals surface area (Å²) in [5.74, 6) is 3.60. The Morgan fingerprint density at radius 1 is 1.29 bits per heavy atom. The van der Waals surface area contributed by atoms with Gasteiger partial charge in [-0.05, 0) is 34.1 Å². The van der Waals surface area contributed by atoms with Crippen LogP contribution >= 0.6 is 21.6 Å². The molecule has 0 aliphatic carbocycles. The van der Waals surface area contributed by atoms with Crippen molar-refractivity contribution >= 4 is 21.6 Å². The summed E-state index contributed by atoms with van der Waals surface area (Å²) in [4.78, 5) is 0. The molecule has 0 saturated heterocycles. The van der Waals surface area contributed by atoms with E-state index >= 15 is 0 Å². The van der Waals surface area contributed by atoms with Crippen molar-refractivity contribution in [3.8, 4) is 12.3 Å². The molecular formula is C11H20OS2. The maximum atomic E-state index is 8.68. The molecule has 0 radical (unpaired) electrons. The third-order valence-electron chi connectivity index (χ3n) is 1.72. The fraction of sp³-hybridized carbons (Fsp3) is 0.818. The van der Waals surface area contributed by atoms with Crippen molar-refractivity contribution in [1.82, 2.24) is 0 Å². The van der Waals surface area contributed by atoms with Crippen molar-refractivity contribution in [2.45, 2.75) is 38.9 Å². The van der Waals surface area contributed by atoms with Crippen molar-refractivity contribution in [3.05, 3.63) is 0 Å². The first-order valence-electron chi connectivity index (χ1n) is 4.72. The Kier molecular flexibility index (Phi) is 6.04. The van der Waals surface area contributed by atoms with Crippen LogP contribution < -0.4 is 0 Å². The monoisotopic (exact) mass is 232 g/mol. The topological polar surface area (TPSA) is 20.2 Å². The first-order valence-corrected chi connectivity index (χ1v) is 7.04. The van der Waals surface area contributed by atoms with Crippen LogP contribution in [0.2, 0.25) is 0 Å². The average Bonchev–Trinajstić information content (AvgIpc) is 2.03. The summed E-state index contributed by atoms with van der Waals surface area (Å²) in [7, 11) is 3.52. The van der Waals surface area contributed by atoms with E-state index in [1.165, 1.54) is 0 Å². The van der Waals surface area contributed by atoms with Gasteiger partial charge in [0.1, 0.15) is 0 Å². The molecule has 0 unspecified atom stereocenters. The molecule has 0 heterocycles. The zero-order valence-electron chi connectivity index (χ0n) is 9.46. The van der Waals surface area contributed by atoms with Gasteiger partial charge in [0.2, 0.25) is 0 Å². The summed E-state index contributed by atoms with van der Waals surface area (Å²) < 4.78 is 0.162. The van der Waals surface area contributed by atoms with Crippen LogP contribution in [0.4, 0.5) is 0 Å². The molecule has 0 aliphatic heterocycles. The molecule has 0 amide bonds. The first-order chi connectivity index (χ1) is 6.33. The van der Waals surface area contributed by atoms with E-state index in [9.17, 15) is 0 Å². The minimum Gasteiger partial charge on any atom is -0.395 e. The Labute approximate surface area is 95.8 Å². The Bertz CT molecular complexity index is 204. The minimum atomic E-state index is -0.0454. The van der Waals surface area contributed by atoms with Crippen molar-refractivity contribution in [2.24, 2.45) is 5.41 Å². The molecule has 3 heteroatoms. The molecule has 0 atom stereocenters. The summed E-state index contributed by atoms with van der Waals surface area (Å²) in [5, 5.41) is 8.68. The van der Waals surface area contributed by atoms with Gasteiger partial charge in [-0.25, -0.2) is 0 Å². The molecule has 0 bridgehead atoms. The highest BCUT2D eigenvalue weighted by atomic mass is 33.1. The Morgan fingerprint density at radius 2 is 1.86 bits per heavy atom. The summed E-state index contributed by atoms with van der Waals surface area (Å²) >= 11 is 0. The fourth-order valence-electron chi connectivity index (χ4n) is 1.38. The average molecular weight is 232 g/mol. The van der Waals surface area contributed by atoms with E-state index in [1.54, 1.807) is 21.6 Å². The van der Waals surface area contributed by atoms with Gasteiger partial charge in [0, 0.05) is 15.9 Å². The van der Waals surface area contributed by atoms with E-state index in [0.717, 1.165) is 12.2 Å². The molecule has 1 N–H and O–H groups in total. The van der Waals surface area contributed by atoms with Crippen molar-refractivity contribution < 1.29 is 5.11 Å². The lowest BCUT2D eigenvalue weighted by Gasteiger charge is -2.30. The Hall–Kier alpha value is 0.220. The van der Waals surface area contributed by atoms with Gasteiger partial charge in [-0.3, -0.25) is 0 Å². The third kappa shape index (κ3) is 6.64. The Morgan fingerprint density at radius 3 is 2.29 bits per heavy atom. The lowest BCUT2D eigenvalue weighted by Crippen LogP contribution is -2.23. The van der Waals surface area contributed by atoms with Crippen molar-refractivity contribution in [2.75, 3.05) is 12.4 Å².